The fourth-order valence-corrected chi connectivity index (χ4v) is 7.41. The van der Waals surface area contributed by atoms with Crippen molar-refractivity contribution >= 4 is 27.5 Å². The molecule has 3 amide bonds. The van der Waals surface area contributed by atoms with E-state index in [1.165, 1.54) is 24.9 Å². The van der Waals surface area contributed by atoms with Crippen molar-refractivity contribution in [3.8, 4) is 0 Å². The molecule has 0 aliphatic carbocycles. The van der Waals surface area contributed by atoms with Gasteiger partial charge in [0.15, 0.2) is 9.84 Å². The number of unbranched alkanes of at least 4 members (excludes halogenated alkanes) is 1. The van der Waals surface area contributed by atoms with Crippen LogP contribution in [0.2, 0.25) is 0 Å². The molecule has 0 bridgehead atoms. The van der Waals surface area contributed by atoms with Gasteiger partial charge in [0.25, 0.3) is 0 Å². The predicted octanol–water partition coefficient (Wildman–Crippen LogP) is 2.04. The maximum atomic E-state index is 12.5. The number of urea groups is 1. The zero-order chi connectivity index (χ0) is 22.7. The molecule has 8 nitrogen and oxygen atoms in total. The Morgan fingerprint density at radius 2 is 1.81 bits per heavy atom. The van der Waals surface area contributed by atoms with Crippen LogP contribution in [0.1, 0.15) is 50.5 Å². The van der Waals surface area contributed by atoms with E-state index >= 15 is 0 Å². The van der Waals surface area contributed by atoms with Crippen LogP contribution in [0.3, 0.4) is 0 Å². The molecular weight excluding hydrogens is 428 g/mol. The van der Waals surface area contributed by atoms with Crippen LogP contribution >= 0.6 is 0 Å². The number of piperidine rings is 1. The van der Waals surface area contributed by atoms with Gasteiger partial charge in [-0.05, 0) is 49.8 Å². The van der Waals surface area contributed by atoms with E-state index in [1.54, 1.807) is 4.90 Å². The highest BCUT2D eigenvalue weighted by atomic mass is 32.2. The summed E-state index contributed by atoms with van der Waals surface area (Å²) in [5, 5.41) is 4.85. The van der Waals surface area contributed by atoms with Gasteiger partial charge in [-0.3, -0.25) is 4.79 Å². The molecule has 3 fully saturated rings. The summed E-state index contributed by atoms with van der Waals surface area (Å²) in [5.74, 6) is 0.0624. The lowest BCUT2D eigenvalue weighted by Gasteiger charge is -2.29. The number of hydrogen-bond donors (Lipinski definition) is 2. The second-order valence-electron chi connectivity index (χ2n) is 9.33. The Labute approximate surface area is 190 Å². The van der Waals surface area contributed by atoms with Crippen LogP contribution in [0, 0.1) is 0 Å². The molecule has 9 heteroatoms. The molecule has 2 N–H and O–H groups in total. The van der Waals surface area contributed by atoms with Crippen molar-refractivity contribution in [3.05, 3.63) is 29.8 Å². The number of benzene rings is 1. The van der Waals surface area contributed by atoms with Crippen LogP contribution in [0.15, 0.2) is 24.3 Å². The number of hydrogen-bond acceptors (Lipinski definition) is 5. The van der Waals surface area contributed by atoms with Crippen molar-refractivity contribution in [1.29, 1.82) is 0 Å². The lowest BCUT2D eigenvalue weighted by molar-refractivity contribution is -0.130. The molecule has 3 aliphatic rings. The molecule has 176 valence electrons. The number of anilines is 1. The number of carbonyl (C=O) groups excluding carboxylic acids is 2. The molecule has 3 heterocycles. The molecule has 0 saturated carbocycles. The van der Waals surface area contributed by atoms with Gasteiger partial charge < -0.3 is 20.4 Å². The predicted molar refractivity (Wildman–Crippen MR) is 124 cm³/mol. The normalized spacial score (nSPS) is 26.3. The van der Waals surface area contributed by atoms with Crippen LogP contribution in [0.4, 0.5) is 10.5 Å². The average Bonchev–Trinajstić information content (AvgIpc) is 3.23. The van der Waals surface area contributed by atoms with Crippen molar-refractivity contribution in [3.63, 3.8) is 0 Å². The van der Waals surface area contributed by atoms with Gasteiger partial charge in [-0.2, -0.15) is 0 Å². The van der Waals surface area contributed by atoms with Crippen LogP contribution in [-0.4, -0.2) is 68.5 Å². The number of fused-ring (bicyclic) bond motifs is 1. The monoisotopic (exact) mass is 462 g/mol. The van der Waals surface area contributed by atoms with Crippen molar-refractivity contribution in [2.24, 2.45) is 0 Å². The van der Waals surface area contributed by atoms with Gasteiger partial charge in [0.1, 0.15) is 0 Å². The minimum atomic E-state index is -3.22. The Morgan fingerprint density at radius 3 is 2.53 bits per heavy atom. The third-order valence-electron chi connectivity index (χ3n) is 6.95. The molecule has 1 aromatic rings. The zero-order valence-electron chi connectivity index (χ0n) is 18.8. The molecule has 32 heavy (non-hydrogen) atoms. The summed E-state index contributed by atoms with van der Waals surface area (Å²) in [7, 11) is -1.40. The van der Waals surface area contributed by atoms with Crippen molar-refractivity contribution in [1.82, 2.24) is 15.5 Å². The third kappa shape index (κ3) is 5.19. The van der Waals surface area contributed by atoms with Gasteiger partial charge in [-0.15, -0.1) is 0 Å². The smallest absolute Gasteiger partial charge is 0.315 e. The molecular formula is C23H34N4O4S. The SMILES string of the molecule is CN(Cc1ccc(N2CCCCC2)cc1)C(=O)CCCC[C@@H]1[C@@H]2NC(=O)N[C@@H]2CS1(=O)=O. The van der Waals surface area contributed by atoms with Crippen molar-refractivity contribution in [2.75, 3.05) is 30.8 Å². The molecule has 0 unspecified atom stereocenters. The first kappa shape index (κ1) is 22.9. The summed E-state index contributed by atoms with van der Waals surface area (Å²) in [6.07, 6.45) is 5.97. The Hall–Kier alpha value is -2.29. The number of nitrogens with one attached hydrogen (secondary N) is 2. The van der Waals surface area contributed by atoms with E-state index in [1.807, 2.05) is 7.05 Å². The topological polar surface area (TPSA) is 98.8 Å². The molecule has 0 radical (unpaired) electrons. The van der Waals surface area contributed by atoms with E-state index in [0.717, 1.165) is 18.7 Å². The number of rotatable bonds is 8. The lowest BCUT2D eigenvalue weighted by atomic mass is 10.0. The van der Waals surface area contributed by atoms with Crippen LogP contribution in [-0.2, 0) is 21.2 Å². The molecule has 0 spiro atoms. The van der Waals surface area contributed by atoms with E-state index in [-0.39, 0.29) is 29.8 Å². The van der Waals surface area contributed by atoms with E-state index in [0.29, 0.717) is 32.2 Å². The maximum Gasteiger partial charge on any atom is 0.315 e. The summed E-state index contributed by atoms with van der Waals surface area (Å²) in [6, 6.07) is 7.51. The number of nitrogens with zero attached hydrogens (tertiary/aromatic N) is 2. The Balaban J connectivity index is 1.20. The molecule has 3 atom stereocenters. The third-order valence-corrected chi connectivity index (χ3v) is 9.23. The molecule has 3 aliphatic heterocycles. The van der Waals surface area contributed by atoms with Gasteiger partial charge in [0, 0.05) is 38.8 Å². The summed E-state index contributed by atoms with van der Waals surface area (Å²) >= 11 is 0. The highest BCUT2D eigenvalue weighted by Gasteiger charge is 2.51. The first-order valence-electron chi connectivity index (χ1n) is 11.7. The molecule has 1 aromatic carbocycles. The first-order valence-corrected chi connectivity index (χ1v) is 13.4. The fourth-order valence-electron chi connectivity index (χ4n) is 5.14. The number of carbonyl (C=O) groups is 2. The van der Waals surface area contributed by atoms with Gasteiger partial charge in [-0.1, -0.05) is 18.6 Å². The molecule has 0 aromatic heterocycles. The van der Waals surface area contributed by atoms with Gasteiger partial charge in [-0.25, -0.2) is 13.2 Å². The van der Waals surface area contributed by atoms with E-state index < -0.39 is 15.1 Å². The average molecular weight is 463 g/mol. The highest BCUT2D eigenvalue weighted by molar-refractivity contribution is 7.92. The number of amides is 3. The summed E-state index contributed by atoms with van der Waals surface area (Å²) < 4.78 is 24.8. The molecule has 4 rings (SSSR count). The largest absolute Gasteiger partial charge is 0.372 e. The zero-order valence-corrected chi connectivity index (χ0v) is 19.6. The van der Waals surface area contributed by atoms with Gasteiger partial charge >= 0.3 is 6.03 Å². The first-order chi connectivity index (χ1) is 15.3. The van der Waals surface area contributed by atoms with Crippen LogP contribution in [0.25, 0.3) is 0 Å². The summed E-state index contributed by atoms with van der Waals surface area (Å²) in [4.78, 5) is 28.2. The van der Waals surface area contributed by atoms with Gasteiger partial charge in [0.05, 0.1) is 23.1 Å². The Bertz CT molecular complexity index is 928. The van der Waals surface area contributed by atoms with Crippen molar-refractivity contribution in [2.45, 2.75) is 68.8 Å². The van der Waals surface area contributed by atoms with E-state index in [4.69, 9.17) is 0 Å². The Kier molecular flexibility index (Phi) is 6.93. The molecule has 3 saturated heterocycles. The second-order valence-corrected chi connectivity index (χ2v) is 11.6. The Morgan fingerprint density at radius 1 is 1.09 bits per heavy atom. The standard InChI is InChI=1S/C23H34N4O4S/c1-26(15-17-9-11-18(12-10-17)27-13-5-2-6-14-27)21(28)8-4-3-7-20-22-19(16-32(20,30)31)24-23(29)25-22/h9-12,19-20,22H,2-8,13-16H2,1H3,(H2,24,25,29)/t19-,20-,22-/m1/s1. The maximum absolute atomic E-state index is 12.5. The minimum absolute atomic E-state index is 0.000703. The summed E-state index contributed by atoms with van der Waals surface area (Å²) in [6.45, 7) is 2.80. The van der Waals surface area contributed by atoms with Crippen molar-refractivity contribution < 1.29 is 18.0 Å². The van der Waals surface area contributed by atoms with Crippen LogP contribution in [0.5, 0.6) is 0 Å². The summed E-state index contributed by atoms with van der Waals surface area (Å²) in [5.41, 5.74) is 2.36. The quantitative estimate of drug-likeness (QED) is 0.455. The van der Waals surface area contributed by atoms with E-state index in [2.05, 4.69) is 39.8 Å². The minimum Gasteiger partial charge on any atom is -0.372 e. The lowest BCUT2D eigenvalue weighted by Crippen LogP contribution is -2.39. The van der Waals surface area contributed by atoms with E-state index in [9.17, 15) is 18.0 Å². The number of sulfone groups is 1. The second kappa shape index (κ2) is 9.68. The highest BCUT2D eigenvalue weighted by Crippen LogP contribution is 2.28. The van der Waals surface area contributed by atoms with Gasteiger partial charge in [0.2, 0.25) is 5.91 Å². The fraction of sp³-hybridized carbons (Fsp3) is 0.652. The van der Waals surface area contributed by atoms with Crippen LogP contribution < -0.4 is 15.5 Å².